The van der Waals surface area contributed by atoms with Gasteiger partial charge in [-0.25, -0.2) is 4.39 Å². The van der Waals surface area contributed by atoms with Gasteiger partial charge in [0.05, 0.1) is 22.1 Å². The lowest BCUT2D eigenvalue weighted by Gasteiger charge is -2.21. The molecule has 1 aromatic carbocycles. The number of fused-ring (bicyclic) bond motifs is 1. The van der Waals surface area contributed by atoms with Crippen LogP contribution < -0.4 is 10.1 Å². The second kappa shape index (κ2) is 7.23. The normalized spacial score (nSPS) is 13.0. The molecule has 7 heteroatoms. The molecule has 3 aromatic rings. The number of halogens is 1. The number of hydrogen-bond donors (Lipinski definition) is 1. The van der Waals surface area contributed by atoms with Gasteiger partial charge in [-0.05, 0) is 36.4 Å². The zero-order valence-corrected chi connectivity index (χ0v) is 14.5. The maximum absolute atomic E-state index is 13.8. The molecule has 0 radical (unpaired) electrons. The first-order valence-electron chi connectivity index (χ1n) is 8.02. The lowest BCUT2D eigenvalue weighted by Crippen LogP contribution is -2.23. The van der Waals surface area contributed by atoms with Crippen LogP contribution in [0.3, 0.4) is 0 Å². The fourth-order valence-corrected chi connectivity index (χ4v) is 3.66. The molecule has 0 aliphatic carbocycles. The summed E-state index contributed by atoms with van der Waals surface area (Å²) < 4.78 is 24.4. The van der Waals surface area contributed by atoms with E-state index in [-0.39, 0.29) is 25.1 Å². The van der Waals surface area contributed by atoms with Crippen LogP contribution in [-0.4, -0.2) is 17.7 Å². The quantitative estimate of drug-likeness (QED) is 0.760. The van der Waals surface area contributed by atoms with E-state index in [0.717, 1.165) is 10.6 Å². The number of carbonyl (C=O) groups excluding carboxylic acids is 1. The number of aromatic nitrogens is 1. The Bertz CT molecular complexity index is 943. The van der Waals surface area contributed by atoms with Gasteiger partial charge in [0.2, 0.25) is 0 Å². The highest BCUT2D eigenvalue weighted by Crippen LogP contribution is 2.30. The Morgan fingerprint density at radius 2 is 2.19 bits per heavy atom. The third-order valence-electron chi connectivity index (χ3n) is 3.94. The van der Waals surface area contributed by atoms with Gasteiger partial charge in [-0.3, -0.25) is 9.78 Å². The van der Waals surface area contributed by atoms with Crippen molar-refractivity contribution in [3.05, 3.63) is 70.5 Å². The zero-order chi connectivity index (χ0) is 17.9. The van der Waals surface area contributed by atoms with E-state index in [9.17, 15) is 9.18 Å². The third-order valence-corrected chi connectivity index (χ3v) is 5.04. The maximum Gasteiger partial charge on any atom is 0.261 e. The van der Waals surface area contributed by atoms with Crippen molar-refractivity contribution >= 4 is 17.2 Å². The van der Waals surface area contributed by atoms with Crippen LogP contribution in [-0.2, 0) is 17.9 Å². The smallest absolute Gasteiger partial charge is 0.261 e. The molecule has 4 rings (SSSR count). The molecule has 1 aliphatic rings. The van der Waals surface area contributed by atoms with E-state index in [4.69, 9.17) is 9.47 Å². The fourth-order valence-electron chi connectivity index (χ4n) is 2.76. The summed E-state index contributed by atoms with van der Waals surface area (Å²) in [6.07, 6.45) is 1.71. The predicted octanol–water partition coefficient (Wildman–Crippen LogP) is 3.75. The first kappa shape index (κ1) is 16.7. The lowest BCUT2D eigenvalue weighted by atomic mass is 10.1. The van der Waals surface area contributed by atoms with E-state index in [1.54, 1.807) is 12.3 Å². The molecule has 0 saturated heterocycles. The SMILES string of the molecule is O=C(NCc1cc(F)cc2c1OCOC2)c1ccc(-c2ccccn2)s1. The summed E-state index contributed by atoms with van der Waals surface area (Å²) in [4.78, 5) is 18.2. The predicted molar refractivity (Wildman–Crippen MR) is 95.4 cm³/mol. The molecule has 1 amide bonds. The molecule has 0 unspecified atom stereocenters. The van der Waals surface area contributed by atoms with E-state index >= 15 is 0 Å². The van der Waals surface area contributed by atoms with Crippen LogP contribution in [0.5, 0.6) is 5.75 Å². The van der Waals surface area contributed by atoms with Crippen LogP contribution in [0.25, 0.3) is 10.6 Å². The molecule has 26 heavy (non-hydrogen) atoms. The minimum Gasteiger partial charge on any atom is -0.467 e. The maximum atomic E-state index is 13.8. The Balaban J connectivity index is 1.48. The Labute approximate surface area is 153 Å². The number of nitrogens with one attached hydrogen (secondary N) is 1. The highest BCUT2D eigenvalue weighted by molar-refractivity contribution is 7.17. The molecule has 5 nitrogen and oxygen atoms in total. The monoisotopic (exact) mass is 370 g/mol. The van der Waals surface area contributed by atoms with E-state index in [1.807, 2.05) is 24.3 Å². The average Bonchev–Trinajstić information content (AvgIpc) is 3.17. The van der Waals surface area contributed by atoms with Gasteiger partial charge in [0, 0.05) is 23.9 Å². The van der Waals surface area contributed by atoms with Crippen molar-refractivity contribution < 1.29 is 18.7 Å². The Kier molecular flexibility index (Phi) is 4.64. The number of pyridine rings is 1. The summed E-state index contributed by atoms with van der Waals surface area (Å²) in [6.45, 7) is 0.597. The van der Waals surface area contributed by atoms with Crippen molar-refractivity contribution in [1.82, 2.24) is 10.3 Å². The first-order valence-corrected chi connectivity index (χ1v) is 8.83. The molecule has 0 bridgehead atoms. The topological polar surface area (TPSA) is 60.5 Å². The summed E-state index contributed by atoms with van der Waals surface area (Å²) in [5.41, 5.74) is 2.07. The van der Waals surface area contributed by atoms with Gasteiger partial charge in [-0.1, -0.05) is 6.07 Å². The van der Waals surface area contributed by atoms with Crippen LogP contribution in [0.1, 0.15) is 20.8 Å². The molecule has 1 aliphatic heterocycles. The van der Waals surface area contributed by atoms with Crippen LogP contribution in [0.2, 0.25) is 0 Å². The molecule has 0 fully saturated rings. The Morgan fingerprint density at radius 3 is 3.04 bits per heavy atom. The molecule has 3 heterocycles. The number of benzene rings is 1. The van der Waals surface area contributed by atoms with Gasteiger partial charge in [0.25, 0.3) is 5.91 Å². The average molecular weight is 370 g/mol. The van der Waals surface area contributed by atoms with Crippen molar-refractivity contribution in [1.29, 1.82) is 0 Å². The highest BCUT2D eigenvalue weighted by Gasteiger charge is 2.18. The van der Waals surface area contributed by atoms with Crippen LogP contribution >= 0.6 is 11.3 Å². The Hall–Kier alpha value is -2.77. The third kappa shape index (κ3) is 3.44. The van der Waals surface area contributed by atoms with Crippen molar-refractivity contribution in [2.24, 2.45) is 0 Å². The van der Waals surface area contributed by atoms with Gasteiger partial charge in [-0.2, -0.15) is 0 Å². The van der Waals surface area contributed by atoms with Crippen LogP contribution in [0.15, 0.2) is 48.7 Å². The molecule has 0 spiro atoms. The van der Waals surface area contributed by atoms with E-state index < -0.39 is 0 Å². The molecule has 2 aromatic heterocycles. The van der Waals surface area contributed by atoms with Gasteiger partial charge in [-0.15, -0.1) is 11.3 Å². The number of nitrogens with zero attached hydrogens (tertiary/aromatic N) is 1. The zero-order valence-electron chi connectivity index (χ0n) is 13.7. The van der Waals surface area contributed by atoms with Crippen molar-refractivity contribution in [3.63, 3.8) is 0 Å². The summed E-state index contributed by atoms with van der Waals surface area (Å²) in [5, 5.41) is 2.82. The number of hydrogen-bond acceptors (Lipinski definition) is 5. The van der Waals surface area contributed by atoms with Crippen molar-refractivity contribution in [3.8, 4) is 16.3 Å². The standard InChI is InChI=1S/C19H15FN2O3S/c20-14-7-12(18-13(8-14)10-24-11-25-18)9-22-19(23)17-5-4-16(26-17)15-3-1-2-6-21-15/h1-8H,9-11H2,(H,22,23). The summed E-state index contributed by atoms with van der Waals surface area (Å²) >= 11 is 1.36. The van der Waals surface area contributed by atoms with Crippen molar-refractivity contribution in [2.45, 2.75) is 13.2 Å². The van der Waals surface area contributed by atoms with Crippen molar-refractivity contribution in [2.75, 3.05) is 6.79 Å². The second-order valence-corrected chi connectivity index (χ2v) is 6.81. The van der Waals surface area contributed by atoms with Gasteiger partial charge >= 0.3 is 0 Å². The molecule has 0 atom stereocenters. The first-order chi connectivity index (χ1) is 12.7. The van der Waals surface area contributed by atoms with Crippen LogP contribution in [0, 0.1) is 5.82 Å². The largest absolute Gasteiger partial charge is 0.467 e. The molecular formula is C19H15FN2O3S. The molecule has 132 valence electrons. The van der Waals surface area contributed by atoms with Crippen LogP contribution in [0.4, 0.5) is 4.39 Å². The second-order valence-electron chi connectivity index (χ2n) is 5.73. The fraction of sp³-hybridized carbons (Fsp3) is 0.158. The number of ether oxygens (including phenoxy) is 2. The number of thiophene rings is 1. The van der Waals surface area contributed by atoms with E-state index in [1.165, 1.54) is 23.5 Å². The molecular weight excluding hydrogens is 355 g/mol. The lowest BCUT2D eigenvalue weighted by molar-refractivity contribution is -0.0173. The summed E-state index contributed by atoms with van der Waals surface area (Å²) in [6, 6.07) is 12.0. The summed E-state index contributed by atoms with van der Waals surface area (Å²) in [7, 11) is 0. The number of rotatable bonds is 4. The minimum atomic E-state index is -0.379. The minimum absolute atomic E-state index is 0.123. The van der Waals surface area contributed by atoms with Gasteiger partial charge < -0.3 is 14.8 Å². The Morgan fingerprint density at radius 1 is 1.27 bits per heavy atom. The van der Waals surface area contributed by atoms with Gasteiger partial charge in [0.15, 0.2) is 6.79 Å². The highest BCUT2D eigenvalue weighted by atomic mass is 32.1. The molecule has 0 saturated carbocycles. The number of amides is 1. The van der Waals surface area contributed by atoms with E-state index in [0.29, 0.717) is 28.4 Å². The van der Waals surface area contributed by atoms with Gasteiger partial charge in [0.1, 0.15) is 11.6 Å². The number of carbonyl (C=O) groups is 1. The molecule has 1 N–H and O–H groups in total. The van der Waals surface area contributed by atoms with E-state index in [2.05, 4.69) is 10.3 Å². The summed E-state index contributed by atoms with van der Waals surface area (Å²) in [5.74, 6) is -0.0174.